The second-order valence-corrected chi connectivity index (χ2v) is 8.40. The molecule has 0 aliphatic heterocycles. The maximum atomic E-state index is 13.2. The normalized spacial score (nSPS) is 12.5. The van der Waals surface area contributed by atoms with Crippen LogP contribution in [0.4, 0.5) is 17.6 Å². The fraction of sp³-hybridized carbons (Fsp3) is 0.150. The Hall–Kier alpha value is -2.60. The summed E-state index contributed by atoms with van der Waals surface area (Å²) in [6.07, 6.45) is 2.36. The Labute approximate surface area is 209 Å². The molecule has 1 aliphatic carbocycles. The summed E-state index contributed by atoms with van der Waals surface area (Å²) in [7, 11) is -2.92. The van der Waals surface area contributed by atoms with Crippen molar-refractivity contribution in [3.8, 4) is 0 Å². The van der Waals surface area contributed by atoms with E-state index in [2.05, 4.69) is 26.6 Å². The van der Waals surface area contributed by atoms with Crippen molar-refractivity contribution >= 4 is 39.3 Å². The predicted molar refractivity (Wildman–Crippen MR) is 111 cm³/mol. The van der Waals surface area contributed by atoms with Crippen LogP contribution in [0, 0.1) is 13.3 Å². The molecule has 0 saturated carbocycles. The second kappa shape index (κ2) is 9.10. The number of nitrogens with zero attached hydrogens (tertiary/aromatic N) is 4. The zero-order valence-corrected chi connectivity index (χ0v) is 20.7. The fourth-order valence-corrected chi connectivity index (χ4v) is 3.96. The van der Waals surface area contributed by atoms with E-state index in [-0.39, 0.29) is 67.3 Å². The molecule has 4 rings (SSSR count). The van der Waals surface area contributed by atoms with Gasteiger partial charge < -0.3 is 25.2 Å². The minimum Gasteiger partial charge on any atom is -0.381 e. The van der Waals surface area contributed by atoms with Gasteiger partial charge in [-0.15, -0.1) is 0 Å². The Morgan fingerprint density at radius 1 is 1.03 bits per heavy atom. The minimum atomic E-state index is -4.29. The molecule has 32 heavy (non-hydrogen) atoms. The molecule has 1 heterocycles. The molecule has 10 nitrogen and oxygen atoms in total. The van der Waals surface area contributed by atoms with Crippen LogP contribution in [0.25, 0.3) is 0 Å². The molecule has 161 valence electrons. The first-order chi connectivity index (χ1) is 14.7. The van der Waals surface area contributed by atoms with Gasteiger partial charge in [-0.1, -0.05) is 30.3 Å². The first kappa shape index (κ1) is 24.1. The molecule has 0 spiro atoms. The van der Waals surface area contributed by atoms with E-state index in [0.29, 0.717) is 22.4 Å². The van der Waals surface area contributed by atoms with Crippen LogP contribution in [0.2, 0.25) is 0 Å². The first-order valence-corrected chi connectivity index (χ1v) is 10.6. The summed E-state index contributed by atoms with van der Waals surface area (Å²) >= 11 is 0. The molecule has 1 radical (unpaired) electrons. The van der Waals surface area contributed by atoms with Gasteiger partial charge in [0.25, 0.3) is 10.1 Å². The van der Waals surface area contributed by atoms with Gasteiger partial charge in [0.05, 0.1) is 5.56 Å². The van der Waals surface area contributed by atoms with Crippen molar-refractivity contribution in [3.05, 3.63) is 70.5 Å². The second-order valence-electron chi connectivity index (χ2n) is 6.98. The molecule has 0 fully saturated rings. The number of benzene rings is 2. The molecule has 1 aliphatic rings. The number of rotatable bonds is 5. The molecule has 0 saturated heterocycles. The van der Waals surface area contributed by atoms with Crippen LogP contribution in [0.5, 0.6) is 0 Å². The van der Waals surface area contributed by atoms with Crippen LogP contribution in [-0.4, -0.2) is 52.4 Å². The SMILES string of the molecule is Cc1ccc2c(c1Nc1n[c-]nc(N(C)CS(=O)(=O)O)n1)C(=O)c1ccccc1C2=O.[Y]. The Balaban J connectivity index is 0.00000289. The van der Waals surface area contributed by atoms with Crippen LogP contribution in [0.15, 0.2) is 36.4 Å². The molecule has 0 amide bonds. The minimum absolute atomic E-state index is 0. The first-order valence-electron chi connectivity index (χ1n) is 9.03. The molecule has 12 heteroatoms. The third-order valence-corrected chi connectivity index (χ3v) is 5.46. The molecule has 2 aromatic carbocycles. The van der Waals surface area contributed by atoms with E-state index in [4.69, 9.17) is 4.55 Å². The Bertz CT molecular complexity index is 1350. The number of aromatic nitrogens is 3. The van der Waals surface area contributed by atoms with E-state index in [9.17, 15) is 18.0 Å². The molecule has 0 bridgehead atoms. The van der Waals surface area contributed by atoms with Gasteiger partial charge in [0, 0.05) is 61.4 Å². The van der Waals surface area contributed by atoms with Crippen molar-refractivity contribution in [1.82, 2.24) is 15.0 Å². The summed E-state index contributed by atoms with van der Waals surface area (Å²) in [6.45, 7) is 1.76. The van der Waals surface area contributed by atoms with Gasteiger partial charge in [0.15, 0.2) is 11.6 Å². The average Bonchev–Trinajstić information content (AvgIpc) is 2.72. The number of hydrogen-bond donors (Lipinski definition) is 2. The van der Waals surface area contributed by atoms with Crippen LogP contribution >= 0.6 is 0 Å². The topological polar surface area (TPSA) is 142 Å². The van der Waals surface area contributed by atoms with Crippen LogP contribution in [0.1, 0.15) is 37.4 Å². The smallest absolute Gasteiger partial charge is 0.282 e. The number of aryl methyl sites for hydroxylation is 1. The monoisotopic (exact) mass is 527 g/mol. The number of nitrogens with one attached hydrogen (secondary N) is 1. The Morgan fingerprint density at radius 2 is 1.69 bits per heavy atom. The third kappa shape index (κ3) is 4.61. The number of anilines is 3. The van der Waals surface area contributed by atoms with Gasteiger partial charge in [-0.3, -0.25) is 14.1 Å². The summed E-state index contributed by atoms with van der Waals surface area (Å²) < 4.78 is 31.2. The maximum Gasteiger partial charge on any atom is 0.282 e. The van der Waals surface area contributed by atoms with Crippen molar-refractivity contribution in [2.45, 2.75) is 6.92 Å². The van der Waals surface area contributed by atoms with Gasteiger partial charge in [-0.25, -0.2) is 0 Å². The Kier molecular flexibility index (Phi) is 6.84. The van der Waals surface area contributed by atoms with Crippen molar-refractivity contribution in [3.63, 3.8) is 0 Å². The number of ketones is 2. The quantitative estimate of drug-likeness (QED) is 0.291. The van der Waals surface area contributed by atoms with Crippen LogP contribution in [-0.2, 0) is 42.8 Å². The molecule has 0 unspecified atom stereocenters. The summed E-state index contributed by atoms with van der Waals surface area (Å²) in [6, 6.07) is 9.92. The maximum absolute atomic E-state index is 13.2. The molecule has 3 aromatic rings. The Morgan fingerprint density at radius 3 is 2.34 bits per heavy atom. The van der Waals surface area contributed by atoms with Gasteiger partial charge in [-0.05, 0) is 25.6 Å². The van der Waals surface area contributed by atoms with Crippen LogP contribution < -0.4 is 10.2 Å². The van der Waals surface area contributed by atoms with Gasteiger partial charge in [0.2, 0.25) is 0 Å². The zero-order valence-electron chi connectivity index (χ0n) is 17.0. The van der Waals surface area contributed by atoms with E-state index >= 15 is 0 Å². The number of carbonyl (C=O) groups is 2. The molecule has 0 atom stereocenters. The molecule has 2 N–H and O–H groups in total. The zero-order chi connectivity index (χ0) is 22.3. The van der Waals surface area contributed by atoms with Gasteiger partial charge in [0.1, 0.15) is 17.8 Å². The van der Waals surface area contributed by atoms with E-state index in [0.717, 1.165) is 4.90 Å². The van der Waals surface area contributed by atoms with Crippen molar-refractivity contribution < 1.29 is 55.3 Å². The van der Waals surface area contributed by atoms with Gasteiger partial charge in [-0.2, -0.15) is 8.42 Å². The summed E-state index contributed by atoms with van der Waals surface area (Å²) in [4.78, 5) is 39.0. The van der Waals surface area contributed by atoms with Crippen molar-refractivity contribution in [2.75, 3.05) is 23.1 Å². The van der Waals surface area contributed by atoms with E-state index in [1.165, 1.54) is 7.05 Å². The third-order valence-electron chi connectivity index (χ3n) is 4.75. The predicted octanol–water partition coefficient (Wildman–Crippen LogP) is 1.78. The number of hydrogen-bond acceptors (Lipinski definition) is 9. The molecular weight excluding hydrogens is 511 g/mol. The van der Waals surface area contributed by atoms with Crippen molar-refractivity contribution in [1.29, 1.82) is 0 Å². The summed E-state index contributed by atoms with van der Waals surface area (Å²) in [5.74, 6) is -1.37. The van der Waals surface area contributed by atoms with E-state index in [1.807, 2.05) is 0 Å². The molecule has 1 aromatic heterocycles. The number of fused-ring (bicyclic) bond motifs is 2. The van der Waals surface area contributed by atoms with E-state index in [1.54, 1.807) is 43.3 Å². The molecular formula is C20H16N5O5SY-. The fourth-order valence-electron chi connectivity index (χ4n) is 3.35. The van der Waals surface area contributed by atoms with Crippen molar-refractivity contribution in [2.24, 2.45) is 0 Å². The largest absolute Gasteiger partial charge is 0.381 e. The summed E-state index contributed by atoms with van der Waals surface area (Å²) in [5.41, 5.74) is 2.15. The number of carbonyl (C=O) groups excluding carboxylic acids is 2. The average molecular weight is 527 g/mol. The van der Waals surface area contributed by atoms with Crippen LogP contribution in [0.3, 0.4) is 0 Å². The standard InChI is InChI=1S/C20H16N5O5S.Y/c1-11-7-8-14-15(18(27)13-6-4-3-5-12(13)17(14)26)16(11)23-19-21-9-22-20(24-19)25(2)10-31(28,29)30;/h3-8H,10H2,1-2H3,(H,28,29,30)(H,21,22,23,24);/q-1;. The summed E-state index contributed by atoms with van der Waals surface area (Å²) in [5, 5.41) is 2.94. The van der Waals surface area contributed by atoms with E-state index < -0.39 is 16.0 Å². The van der Waals surface area contributed by atoms with Gasteiger partial charge >= 0.3 is 0 Å².